The lowest BCUT2D eigenvalue weighted by atomic mass is 9.48. The highest BCUT2D eigenvalue weighted by molar-refractivity contribution is 6.00. The molecular weight excluding hydrogens is 456 g/mol. The molecule has 0 radical (unpaired) electrons. The van der Waals surface area contributed by atoms with E-state index in [2.05, 4.69) is 34.6 Å². The smallest absolute Gasteiger partial charge is 0.338 e. The Hall–Kier alpha value is -1.90. The van der Waals surface area contributed by atoms with Crippen molar-refractivity contribution < 1.29 is 14.3 Å². The summed E-state index contributed by atoms with van der Waals surface area (Å²) in [5.41, 5.74) is 3.74. The molecule has 0 heterocycles. The molecule has 0 saturated heterocycles. The van der Waals surface area contributed by atoms with Crippen LogP contribution in [0.25, 0.3) is 0 Å². The fourth-order valence-corrected chi connectivity index (χ4v) is 9.10. The van der Waals surface area contributed by atoms with Crippen LogP contribution in [0, 0.1) is 40.4 Å². The van der Waals surface area contributed by atoms with Gasteiger partial charge in [0, 0.05) is 12.0 Å². The Labute approximate surface area is 224 Å². The average molecular weight is 505 g/mol. The third kappa shape index (κ3) is 4.85. The minimum Gasteiger partial charge on any atom is -0.459 e. The predicted octanol–water partition coefficient (Wildman–Crippen LogP) is 8.58. The second-order valence-electron chi connectivity index (χ2n) is 13.9. The summed E-state index contributed by atoms with van der Waals surface area (Å²) in [6.45, 7) is 12.0. The summed E-state index contributed by atoms with van der Waals surface area (Å²) in [5.74, 6) is 3.25. The number of esters is 1. The SMILES string of the molecule is CC(C)CCC[C@@H](C)[C@H]1CC(=O)C2=C3CCC4CC(OC(=O)c5ccccc5)CC[C@]4(C)[C@H]3CC[C@@]21C. The lowest BCUT2D eigenvalue weighted by molar-refractivity contribution is -0.115. The Morgan fingerprint density at radius 3 is 2.51 bits per heavy atom. The summed E-state index contributed by atoms with van der Waals surface area (Å²) in [6.07, 6.45) is 12.2. The molecule has 3 heteroatoms. The Balaban J connectivity index is 1.30. The lowest BCUT2D eigenvalue weighted by Crippen LogP contribution is -2.49. The van der Waals surface area contributed by atoms with Crippen molar-refractivity contribution in [2.75, 3.05) is 0 Å². The van der Waals surface area contributed by atoms with Gasteiger partial charge in [0.1, 0.15) is 6.10 Å². The molecule has 3 fully saturated rings. The van der Waals surface area contributed by atoms with E-state index in [4.69, 9.17) is 4.74 Å². The summed E-state index contributed by atoms with van der Waals surface area (Å²) in [4.78, 5) is 26.3. The maximum atomic E-state index is 13.6. The minimum atomic E-state index is -0.189. The summed E-state index contributed by atoms with van der Waals surface area (Å²) in [5, 5.41) is 0. The van der Waals surface area contributed by atoms with E-state index in [-0.39, 0.29) is 22.9 Å². The zero-order chi connectivity index (χ0) is 26.4. The van der Waals surface area contributed by atoms with Gasteiger partial charge < -0.3 is 4.74 Å². The molecule has 37 heavy (non-hydrogen) atoms. The van der Waals surface area contributed by atoms with Gasteiger partial charge in [0.25, 0.3) is 0 Å². The molecule has 4 aliphatic carbocycles. The number of rotatable bonds is 7. The number of ketones is 1. The van der Waals surface area contributed by atoms with Crippen LogP contribution in [-0.2, 0) is 9.53 Å². The minimum absolute atomic E-state index is 0.0121. The van der Waals surface area contributed by atoms with Gasteiger partial charge >= 0.3 is 5.97 Å². The third-order valence-electron chi connectivity index (χ3n) is 11.2. The molecule has 0 aromatic heterocycles. The Morgan fingerprint density at radius 2 is 1.78 bits per heavy atom. The molecule has 2 unspecified atom stereocenters. The van der Waals surface area contributed by atoms with Gasteiger partial charge in [0.15, 0.2) is 5.78 Å². The molecule has 4 aliphatic rings. The molecule has 0 aliphatic heterocycles. The molecule has 0 amide bonds. The second-order valence-corrected chi connectivity index (χ2v) is 13.9. The molecule has 0 N–H and O–H groups in total. The number of ether oxygens (including phenoxy) is 1. The van der Waals surface area contributed by atoms with Crippen LogP contribution in [0.4, 0.5) is 0 Å². The number of Topliss-reactive ketones (excluding diaryl/α,β-unsaturated/α-hetero) is 1. The Morgan fingerprint density at radius 1 is 1.03 bits per heavy atom. The fourth-order valence-electron chi connectivity index (χ4n) is 9.10. The van der Waals surface area contributed by atoms with Crippen molar-refractivity contribution in [3.63, 3.8) is 0 Å². The van der Waals surface area contributed by atoms with Crippen LogP contribution in [0.2, 0.25) is 0 Å². The molecule has 1 aromatic rings. The molecule has 0 bridgehead atoms. The van der Waals surface area contributed by atoms with Gasteiger partial charge in [0.2, 0.25) is 0 Å². The van der Waals surface area contributed by atoms with Gasteiger partial charge in [-0.05, 0) is 97.5 Å². The Kier molecular flexibility index (Phi) is 7.46. The topological polar surface area (TPSA) is 43.4 Å². The fraction of sp³-hybridized carbons (Fsp3) is 0.706. The summed E-state index contributed by atoms with van der Waals surface area (Å²) < 4.78 is 5.99. The zero-order valence-corrected chi connectivity index (χ0v) is 23.9. The first-order chi connectivity index (χ1) is 17.6. The monoisotopic (exact) mass is 504 g/mol. The molecule has 3 nitrogen and oxygen atoms in total. The first kappa shape index (κ1) is 26.7. The van der Waals surface area contributed by atoms with Crippen molar-refractivity contribution in [3.05, 3.63) is 47.0 Å². The van der Waals surface area contributed by atoms with Crippen LogP contribution in [0.3, 0.4) is 0 Å². The summed E-state index contributed by atoms with van der Waals surface area (Å²) >= 11 is 0. The highest BCUT2D eigenvalue weighted by Gasteiger charge is 2.58. The molecule has 1 aromatic carbocycles. The van der Waals surface area contributed by atoms with Gasteiger partial charge in [-0.25, -0.2) is 4.79 Å². The van der Waals surface area contributed by atoms with Crippen molar-refractivity contribution in [2.24, 2.45) is 40.4 Å². The van der Waals surface area contributed by atoms with Gasteiger partial charge in [-0.2, -0.15) is 0 Å². The lowest BCUT2D eigenvalue weighted by Gasteiger charge is -2.56. The largest absolute Gasteiger partial charge is 0.459 e. The molecule has 5 rings (SSSR count). The second kappa shape index (κ2) is 10.3. The normalized spacial score (nSPS) is 36.1. The van der Waals surface area contributed by atoms with Crippen LogP contribution in [0.15, 0.2) is 41.5 Å². The quantitative estimate of drug-likeness (QED) is 0.349. The van der Waals surface area contributed by atoms with Crippen LogP contribution < -0.4 is 0 Å². The van der Waals surface area contributed by atoms with E-state index in [9.17, 15) is 9.59 Å². The van der Waals surface area contributed by atoms with Gasteiger partial charge in [-0.15, -0.1) is 0 Å². The summed E-state index contributed by atoms with van der Waals surface area (Å²) in [7, 11) is 0. The molecule has 0 spiro atoms. The van der Waals surface area contributed by atoms with Crippen LogP contribution in [0.1, 0.15) is 116 Å². The number of allylic oxidation sites excluding steroid dienone is 2. The van der Waals surface area contributed by atoms with Crippen molar-refractivity contribution >= 4 is 11.8 Å². The number of carbonyl (C=O) groups excluding carboxylic acids is 2. The van der Waals surface area contributed by atoms with E-state index in [1.54, 1.807) is 0 Å². The maximum absolute atomic E-state index is 13.6. The van der Waals surface area contributed by atoms with E-state index in [1.165, 1.54) is 36.8 Å². The van der Waals surface area contributed by atoms with Crippen LogP contribution in [0.5, 0.6) is 0 Å². The average Bonchev–Trinajstić information content (AvgIpc) is 3.15. The number of benzene rings is 1. The standard InChI is InChI=1S/C34H48O3/c1-22(2)10-9-11-23(3)29-21-30(35)31-27-15-14-25-20-26(37-32(36)24-12-7-6-8-13-24)16-18-33(25,4)28(27)17-19-34(29,31)5/h6-8,12-13,22-23,25-26,28-29H,9-11,14-21H2,1-5H3/t23-,25?,26?,28+,29-,33+,34-/m1/s1. The molecule has 3 saturated carbocycles. The third-order valence-corrected chi connectivity index (χ3v) is 11.2. The van der Waals surface area contributed by atoms with E-state index in [0.29, 0.717) is 35.0 Å². The van der Waals surface area contributed by atoms with Crippen molar-refractivity contribution in [1.82, 2.24) is 0 Å². The highest BCUT2D eigenvalue weighted by Crippen LogP contribution is 2.65. The highest BCUT2D eigenvalue weighted by atomic mass is 16.5. The first-order valence-electron chi connectivity index (χ1n) is 15.2. The van der Waals surface area contributed by atoms with Crippen LogP contribution in [-0.4, -0.2) is 17.9 Å². The zero-order valence-electron chi connectivity index (χ0n) is 23.9. The van der Waals surface area contributed by atoms with Crippen molar-refractivity contribution in [3.8, 4) is 0 Å². The number of hydrogen-bond donors (Lipinski definition) is 0. The summed E-state index contributed by atoms with van der Waals surface area (Å²) in [6, 6.07) is 9.39. The van der Waals surface area contributed by atoms with E-state index >= 15 is 0 Å². The molecule has 7 atom stereocenters. The van der Waals surface area contributed by atoms with E-state index in [0.717, 1.165) is 50.9 Å². The molecule has 202 valence electrons. The van der Waals surface area contributed by atoms with Crippen molar-refractivity contribution in [1.29, 1.82) is 0 Å². The van der Waals surface area contributed by atoms with Crippen molar-refractivity contribution in [2.45, 2.75) is 111 Å². The first-order valence-corrected chi connectivity index (χ1v) is 15.2. The maximum Gasteiger partial charge on any atom is 0.338 e. The number of carbonyl (C=O) groups is 2. The van der Waals surface area contributed by atoms with Gasteiger partial charge in [-0.1, -0.05) is 77.7 Å². The van der Waals surface area contributed by atoms with E-state index < -0.39 is 0 Å². The number of fused-ring (bicyclic) bond motifs is 4. The van der Waals surface area contributed by atoms with Gasteiger partial charge in [-0.3, -0.25) is 4.79 Å². The number of hydrogen-bond acceptors (Lipinski definition) is 3. The van der Waals surface area contributed by atoms with Crippen LogP contribution >= 0.6 is 0 Å². The predicted molar refractivity (Wildman–Crippen MR) is 149 cm³/mol. The van der Waals surface area contributed by atoms with Gasteiger partial charge in [0.05, 0.1) is 5.56 Å². The van der Waals surface area contributed by atoms with E-state index in [1.807, 2.05) is 30.3 Å². The Bertz CT molecular complexity index is 1040. The molecular formula is C34H48O3.